The summed E-state index contributed by atoms with van der Waals surface area (Å²) in [6.07, 6.45) is 0.213. The number of anilines is 1. The summed E-state index contributed by atoms with van der Waals surface area (Å²) in [5.74, 6) is 1.39. The lowest BCUT2D eigenvalue weighted by Crippen LogP contribution is -2.14. The molecule has 0 aliphatic rings. The van der Waals surface area contributed by atoms with Gasteiger partial charge < -0.3 is 14.8 Å². The summed E-state index contributed by atoms with van der Waals surface area (Å²) in [7, 11) is 0. The van der Waals surface area contributed by atoms with Crippen molar-refractivity contribution in [3.05, 3.63) is 69.6 Å². The minimum Gasteiger partial charge on any atom is -0.494 e. The fourth-order valence-corrected chi connectivity index (χ4v) is 3.17. The molecule has 1 amide bonds. The number of nitrogens with one attached hydrogen (secondary N) is 1. The zero-order valence-electron chi connectivity index (χ0n) is 14.8. The maximum Gasteiger partial charge on any atom is 0.230 e. The first-order valence-electron chi connectivity index (χ1n) is 8.46. The average molecular weight is 403 g/mol. The first-order chi connectivity index (χ1) is 13.1. The number of carbonyl (C=O) groups excluding carboxylic acids is 1. The summed E-state index contributed by atoms with van der Waals surface area (Å²) in [6.45, 7) is 2.89. The first-order valence-corrected chi connectivity index (χ1v) is 9.72. The molecule has 0 fully saturated rings. The van der Waals surface area contributed by atoms with Gasteiger partial charge >= 0.3 is 0 Å². The van der Waals surface area contributed by atoms with Crippen LogP contribution < -0.4 is 14.8 Å². The van der Waals surface area contributed by atoms with E-state index in [1.807, 2.05) is 36.6 Å². The van der Waals surface area contributed by atoms with Gasteiger partial charge in [-0.25, -0.2) is 4.98 Å². The number of carbonyl (C=O) groups is 1. The Morgan fingerprint density at radius 1 is 1.07 bits per heavy atom. The molecule has 0 atom stereocenters. The molecule has 0 bridgehead atoms. The van der Waals surface area contributed by atoms with Crippen LogP contribution in [0.25, 0.3) is 0 Å². The van der Waals surface area contributed by atoms with Crippen LogP contribution in [0.2, 0.25) is 5.02 Å². The number of nitrogens with zero attached hydrogens (tertiary/aromatic N) is 1. The normalized spacial score (nSPS) is 10.4. The minimum absolute atomic E-state index is 0.116. The molecule has 5 nitrogen and oxygen atoms in total. The maximum atomic E-state index is 12.2. The third-order valence-corrected chi connectivity index (χ3v) is 4.69. The SMILES string of the molecule is CCOc1ccc(NC(=O)Cc2csc(COc3ccc(Cl)cc3)n2)cc1. The lowest BCUT2D eigenvalue weighted by molar-refractivity contribution is -0.115. The van der Waals surface area contributed by atoms with Crippen molar-refractivity contribution in [1.82, 2.24) is 4.98 Å². The molecule has 2 aromatic carbocycles. The molecule has 1 aromatic heterocycles. The highest BCUT2D eigenvalue weighted by molar-refractivity contribution is 7.09. The predicted octanol–water partition coefficient (Wildman–Crippen LogP) is 4.96. The van der Waals surface area contributed by atoms with Crippen molar-refractivity contribution in [2.45, 2.75) is 20.0 Å². The summed E-state index contributed by atoms with van der Waals surface area (Å²) in [6, 6.07) is 14.4. The standard InChI is InChI=1S/C20H19ClN2O3S/c1-2-25-17-9-5-15(6-10-17)22-19(24)11-16-13-27-20(23-16)12-26-18-7-3-14(21)4-8-18/h3-10,13H,2,11-12H2,1H3,(H,22,24). The maximum absolute atomic E-state index is 12.2. The van der Waals surface area contributed by atoms with Crippen LogP contribution >= 0.6 is 22.9 Å². The van der Waals surface area contributed by atoms with E-state index in [9.17, 15) is 4.79 Å². The van der Waals surface area contributed by atoms with Crippen LogP contribution in [0.15, 0.2) is 53.9 Å². The average Bonchev–Trinajstić information content (AvgIpc) is 3.10. The second kappa shape index (κ2) is 9.39. The van der Waals surface area contributed by atoms with Gasteiger partial charge in [0.15, 0.2) is 0 Å². The smallest absolute Gasteiger partial charge is 0.230 e. The van der Waals surface area contributed by atoms with E-state index in [1.165, 1.54) is 11.3 Å². The highest BCUT2D eigenvalue weighted by Crippen LogP contribution is 2.19. The van der Waals surface area contributed by atoms with Crippen LogP contribution in [0.4, 0.5) is 5.69 Å². The molecule has 1 N–H and O–H groups in total. The Hall–Kier alpha value is -2.57. The van der Waals surface area contributed by atoms with E-state index in [0.717, 1.165) is 27.9 Å². The highest BCUT2D eigenvalue weighted by atomic mass is 35.5. The van der Waals surface area contributed by atoms with Gasteiger partial charge in [0.2, 0.25) is 5.91 Å². The molecular formula is C20H19ClN2O3S. The Labute approximate surface area is 166 Å². The van der Waals surface area contributed by atoms with Crippen molar-refractivity contribution in [3.8, 4) is 11.5 Å². The molecule has 3 rings (SSSR count). The third kappa shape index (κ3) is 5.98. The van der Waals surface area contributed by atoms with E-state index < -0.39 is 0 Å². The van der Waals surface area contributed by atoms with Gasteiger partial charge in [-0.05, 0) is 55.5 Å². The van der Waals surface area contributed by atoms with Crippen LogP contribution in [-0.2, 0) is 17.8 Å². The molecule has 0 unspecified atom stereocenters. The van der Waals surface area contributed by atoms with Crippen molar-refractivity contribution < 1.29 is 14.3 Å². The van der Waals surface area contributed by atoms with E-state index in [0.29, 0.717) is 18.2 Å². The van der Waals surface area contributed by atoms with Gasteiger partial charge in [0.25, 0.3) is 0 Å². The minimum atomic E-state index is -0.116. The van der Waals surface area contributed by atoms with Crippen LogP contribution in [0.3, 0.4) is 0 Å². The van der Waals surface area contributed by atoms with Gasteiger partial charge in [-0.15, -0.1) is 11.3 Å². The molecule has 0 saturated carbocycles. The van der Waals surface area contributed by atoms with Crippen LogP contribution in [-0.4, -0.2) is 17.5 Å². The Morgan fingerprint density at radius 2 is 1.74 bits per heavy atom. The Bertz CT molecular complexity index is 879. The molecular weight excluding hydrogens is 384 g/mol. The van der Waals surface area contributed by atoms with E-state index >= 15 is 0 Å². The topological polar surface area (TPSA) is 60.5 Å². The van der Waals surface area contributed by atoms with Crippen molar-refractivity contribution in [3.63, 3.8) is 0 Å². The van der Waals surface area contributed by atoms with E-state index in [2.05, 4.69) is 10.3 Å². The van der Waals surface area contributed by atoms with Crippen LogP contribution in [0.1, 0.15) is 17.6 Å². The largest absolute Gasteiger partial charge is 0.494 e. The summed E-state index contributed by atoms with van der Waals surface area (Å²) in [5.41, 5.74) is 1.45. The summed E-state index contributed by atoms with van der Waals surface area (Å²) >= 11 is 7.32. The number of benzene rings is 2. The van der Waals surface area contributed by atoms with Crippen molar-refractivity contribution in [2.75, 3.05) is 11.9 Å². The number of thiazole rings is 1. The van der Waals surface area contributed by atoms with Crippen molar-refractivity contribution in [1.29, 1.82) is 0 Å². The van der Waals surface area contributed by atoms with Crippen LogP contribution in [0.5, 0.6) is 11.5 Å². The Balaban J connectivity index is 1.49. The molecule has 0 saturated heterocycles. The van der Waals surface area contributed by atoms with E-state index in [1.54, 1.807) is 24.3 Å². The Kier molecular flexibility index (Phi) is 6.68. The van der Waals surface area contributed by atoms with Gasteiger partial charge in [0.05, 0.1) is 18.7 Å². The first kappa shape index (κ1) is 19.2. The van der Waals surface area contributed by atoms with Gasteiger partial charge in [-0.2, -0.15) is 0 Å². The molecule has 1 heterocycles. The van der Waals surface area contributed by atoms with E-state index in [4.69, 9.17) is 21.1 Å². The molecule has 0 spiro atoms. The summed E-state index contributed by atoms with van der Waals surface area (Å²) in [4.78, 5) is 16.6. The summed E-state index contributed by atoms with van der Waals surface area (Å²) < 4.78 is 11.1. The lowest BCUT2D eigenvalue weighted by atomic mass is 10.2. The van der Waals surface area contributed by atoms with Gasteiger partial charge in [-0.3, -0.25) is 4.79 Å². The fraction of sp³-hybridized carbons (Fsp3) is 0.200. The van der Waals surface area contributed by atoms with E-state index in [-0.39, 0.29) is 12.3 Å². The monoisotopic (exact) mass is 402 g/mol. The lowest BCUT2D eigenvalue weighted by Gasteiger charge is -2.06. The molecule has 7 heteroatoms. The second-order valence-corrected chi connectivity index (χ2v) is 7.04. The number of halogens is 1. The molecule has 27 heavy (non-hydrogen) atoms. The van der Waals surface area contributed by atoms with Crippen molar-refractivity contribution >= 4 is 34.5 Å². The number of rotatable bonds is 8. The molecule has 140 valence electrons. The van der Waals surface area contributed by atoms with Gasteiger partial charge in [0, 0.05) is 16.1 Å². The van der Waals surface area contributed by atoms with Crippen LogP contribution in [0, 0.1) is 0 Å². The zero-order chi connectivity index (χ0) is 19.1. The highest BCUT2D eigenvalue weighted by Gasteiger charge is 2.09. The number of amides is 1. The molecule has 0 aliphatic heterocycles. The quantitative estimate of drug-likeness (QED) is 0.578. The second-order valence-electron chi connectivity index (χ2n) is 5.66. The molecule has 3 aromatic rings. The molecule has 0 radical (unpaired) electrons. The number of aromatic nitrogens is 1. The number of ether oxygens (including phenoxy) is 2. The van der Waals surface area contributed by atoms with Gasteiger partial charge in [-0.1, -0.05) is 11.6 Å². The molecule has 0 aliphatic carbocycles. The number of hydrogen-bond donors (Lipinski definition) is 1. The van der Waals surface area contributed by atoms with Gasteiger partial charge in [0.1, 0.15) is 23.1 Å². The van der Waals surface area contributed by atoms with Crippen molar-refractivity contribution in [2.24, 2.45) is 0 Å². The third-order valence-electron chi connectivity index (χ3n) is 3.57. The Morgan fingerprint density at radius 3 is 2.44 bits per heavy atom. The fourth-order valence-electron chi connectivity index (χ4n) is 2.34. The summed E-state index contributed by atoms with van der Waals surface area (Å²) in [5, 5.41) is 6.21. The number of hydrogen-bond acceptors (Lipinski definition) is 5. The predicted molar refractivity (Wildman–Crippen MR) is 108 cm³/mol. The zero-order valence-corrected chi connectivity index (χ0v) is 16.3.